The normalized spacial score (nSPS) is 15.3. The predicted octanol–water partition coefficient (Wildman–Crippen LogP) is 1.33. The molecular formula is C12H15ClN2O4S. The predicted molar refractivity (Wildman–Crippen MR) is 74.7 cm³/mol. The van der Waals surface area contributed by atoms with E-state index < -0.39 is 9.05 Å². The molecule has 8 heteroatoms. The summed E-state index contributed by atoms with van der Waals surface area (Å²) in [6, 6.07) is 4.48. The third-order valence-corrected chi connectivity index (χ3v) is 4.47. The van der Waals surface area contributed by atoms with Crippen LogP contribution in [0.25, 0.3) is 0 Å². The Morgan fingerprint density at radius 2 is 2.20 bits per heavy atom. The molecular weight excluding hydrogens is 304 g/mol. The number of carbonyl (C=O) groups is 1. The second-order valence-electron chi connectivity index (χ2n) is 4.43. The number of benzene rings is 1. The van der Waals surface area contributed by atoms with E-state index in [1.807, 2.05) is 0 Å². The van der Waals surface area contributed by atoms with Gasteiger partial charge < -0.3 is 15.0 Å². The molecule has 0 aliphatic carbocycles. The quantitative estimate of drug-likeness (QED) is 0.831. The molecule has 1 aromatic rings. The minimum absolute atomic E-state index is 0.0745. The van der Waals surface area contributed by atoms with E-state index in [9.17, 15) is 13.2 Å². The molecule has 0 atom stereocenters. The summed E-state index contributed by atoms with van der Waals surface area (Å²) in [7, 11) is 1.57. The second kappa shape index (κ2) is 5.88. The standard InChI is InChI=1S/C12H15ClN2O4S/c1-9-8-10(2-3-11(9)20(13,17)18)19-7-6-15-5-4-14-12(15)16/h2-3,8H,4-7H2,1H3,(H,14,16). The molecule has 2 amide bonds. The number of nitrogens with one attached hydrogen (secondary N) is 1. The van der Waals surface area contributed by atoms with E-state index in [1.54, 1.807) is 24.0 Å². The SMILES string of the molecule is Cc1cc(OCCN2CCNC2=O)ccc1S(=O)(=O)Cl. The van der Waals surface area contributed by atoms with Gasteiger partial charge in [0.25, 0.3) is 9.05 Å². The van der Waals surface area contributed by atoms with Gasteiger partial charge in [-0.1, -0.05) is 0 Å². The minimum Gasteiger partial charge on any atom is -0.492 e. The van der Waals surface area contributed by atoms with Crippen molar-refractivity contribution in [2.24, 2.45) is 0 Å². The lowest BCUT2D eigenvalue weighted by Gasteiger charge is -2.15. The molecule has 0 saturated carbocycles. The van der Waals surface area contributed by atoms with Crippen molar-refractivity contribution >= 4 is 25.8 Å². The van der Waals surface area contributed by atoms with Crippen LogP contribution < -0.4 is 10.1 Å². The first kappa shape index (κ1) is 14.9. The van der Waals surface area contributed by atoms with Crippen LogP contribution in [0.5, 0.6) is 5.75 Å². The fourth-order valence-electron chi connectivity index (χ4n) is 1.98. The fourth-order valence-corrected chi connectivity index (χ4v) is 3.18. The zero-order chi connectivity index (χ0) is 14.8. The van der Waals surface area contributed by atoms with Gasteiger partial charge in [-0.25, -0.2) is 13.2 Å². The number of urea groups is 1. The molecule has 0 radical (unpaired) electrons. The highest BCUT2D eigenvalue weighted by Crippen LogP contribution is 2.23. The first-order chi connectivity index (χ1) is 9.38. The number of hydrogen-bond donors (Lipinski definition) is 1. The minimum atomic E-state index is -3.74. The summed E-state index contributed by atoms with van der Waals surface area (Å²) in [5.74, 6) is 0.547. The van der Waals surface area contributed by atoms with Gasteiger partial charge in [-0.05, 0) is 30.7 Å². The molecule has 110 valence electrons. The first-order valence-corrected chi connectivity index (χ1v) is 8.40. The van der Waals surface area contributed by atoms with Crippen LogP contribution in [-0.4, -0.2) is 45.6 Å². The molecule has 1 heterocycles. The molecule has 0 bridgehead atoms. The van der Waals surface area contributed by atoms with Crippen LogP contribution in [0.2, 0.25) is 0 Å². The molecule has 6 nitrogen and oxygen atoms in total. The van der Waals surface area contributed by atoms with Crippen LogP contribution in [0.15, 0.2) is 23.1 Å². The molecule has 2 rings (SSSR count). The van der Waals surface area contributed by atoms with Gasteiger partial charge in [0.1, 0.15) is 12.4 Å². The van der Waals surface area contributed by atoms with E-state index in [1.165, 1.54) is 6.07 Å². The van der Waals surface area contributed by atoms with Gasteiger partial charge in [0, 0.05) is 23.8 Å². The Hall–Kier alpha value is -1.47. The van der Waals surface area contributed by atoms with Crippen LogP contribution in [-0.2, 0) is 9.05 Å². The Balaban J connectivity index is 1.94. The van der Waals surface area contributed by atoms with Crippen molar-refractivity contribution in [2.75, 3.05) is 26.2 Å². The number of ether oxygens (including phenoxy) is 1. The van der Waals surface area contributed by atoms with Gasteiger partial charge >= 0.3 is 6.03 Å². The van der Waals surface area contributed by atoms with E-state index in [-0.39, 0.29) is 10.9 Å². The Bertz CT molecular complexity index is 618. The number of hydrogen-bond acceptors (Lipinski definition) is 4. The van der Waals surface area contributed by atoms with Crippen molar-refractivity contribution in [3.8, 4) is 5.75 Å². The van der Waals surface area contributed by atoms with Crippen molar-refractivity contribution in [2.45, 2.75) is 11.8 Å². The summed E-state index contributed by atoms with van der Waals surface area (Å²) in [6.45, 7) is 3.81. The lowest BCUT2D eigenvalue weighted by Crippen LogP contribution is -2.31. The van der Waals surface area contributed by atoms with E-state index in [0.29, 0.717) is 37.6 Å². The van der Waals surface area contributed by atoms with E-state index in [0.717, 1.165) is 0 Å². The average molecular weight is 319 g/mol. The van der Waals surface area contributed by atoms with Crippen molar-refractivity contribution < 1.29 is 17.9 Å². The molecule has 1 saturated heterocycles. The Kier molecular flexibility index (Phi) is 4.39. The summed E-state index contributed by atoms with van der Waals surface area (Å²) in [6.07, 6.45) is 0. The lowest BCUT2D eigenvalue weighted by atomic mass is 10.2. The molecule has 1 aromatic carbocycles. The zero-order valence-electron chi connectivity index (χ0n) is 10.9. The zero-order valence-corrected chi connectivity index (χ0v) is 12.5. The third kappa shape index (κ3) is 3.55. The monoisotopic (exact) mass is 318 g/mol. The highest BCUT2D eigenvalue weighted by molar-refractivity contribution is 8.13. The third-order valence-electron chi connectivity index (χ3n) is 2.98. The number of nitrogens with zero attached hydrogens (tertiary/aromatic N) is 1. The Labute approximate surface area is 122 Å². The number of carbonyl (C=O) groups excluding carboxylic acids is 1. The van der Waals surface area contributed by atoms with Gasteiger partial charge in [0.15, 0.2) is 0 Å². The van der Waals surface area contributed by atoms with Crippen LogP contribution >= 0.6 is 10.7 Å². The van der Waals surface area contributed by atoms with Crippen molar-refractivity contribution in [1.82, 2.24) is 10.2 Å². The number of aryl methyl sites for hydroxylation is 1. The highest BCUT2D eigenvalue weighted by atomic mass is 35.7. The summed E-state index contributed by atoms with van der Waals surface area (Å²) in [5, 5.41) is 2.70. The average Bonchev–Trinajstić information content (AvgIpc) is 2.73. The molecule has 0 unspecified atom stereocenters. The lowest BCUT2D eigenvalue weighted by molar-refractivity contribution is 0.202. The van der Waals surface area contributed by atoms with E-state index in [2.05, 4.69) is 5.32 Å². The maximum Gasteiger partial charge on any atom is 0.317 e. The smallest absolute Gasteiger partial charge is 0.317 e. The van der Waals surface area contributed by atoms with Gasteiger partial charge in [-0.15, -0.1) is 0 Å². The maximum absolute atomic E-state index is 11.3. The maximum atomic E-state index is 11.3. The highest BCUT2D eigenvalue weighted by Gasteiger charge is 2.19. The van der Waals surface area contributed by atoms with Crippen LogP contribution in [0, 0.1) is 6.92 Å². The Morgan fingerprint density at radius 1 is 1.45 bits per heavy atom. The molecule has 0 aromatic heterocycles. The molecule has 0 spiro atoms. The Morgan fingerprint density at radius 3 is 2.75 bits per heavy atom. The fraction of sp³-hybridized carbons (Fsp3) is 0.417. The van der Waals surface area contributed by atoms with Gasteiger partial charge in [-0.3, -0.25) is 0 Å². The number of halogens is 1. The van der Waals surface area contributed by atoms with Gasteiger partial charge in [0.2, 0.25) is 0 Å². The van der Waals surface area contributed by atoms with Crippen LogP contribution in [0.4, 0.5) is 4.79 Å². The van der Waals surface area contributed by atoms with Crippen LogP contribution in [0.3, 0.4) is 0 Å². The van der Waals surface area contributed by atoms with E-state index >= 15 is 0 Å². The second-order valence-corrected chi connectivity index (χ2v) is 6.97. The van der Waals surface area contributed by atoms with Crippen LogP contribution in [0.1, 0.15) is 5.56 Å². The molecule has 1 aliphatic heterocycles. The van der Waals surface area contributed by atoms with Gasteiger partial charge in [-0.2, -0.15) is 0 Å². The summed E-state index contributed by atoms with van der Waals surface area (Å²) >= 11 is 0. The topological polar surface area (TPSA) is 75.7 Å². The summed E-state index contributed by atoms with van der Waals surface area (Å²) < 4.78 is 28.0. The largest absolute Gasteiger partial charge is 0.492 e. The summed E-state index contributed by atoms with van der Waals surface area (Å²) in [4.78, 5) is 13.0. The van der Waals surface area contributed by atoms with Crippen molar-refractivity contribution in [3.63, 3.8) is 0 Å². The van der Waals surface area contributed by atoms with Crippen molar-refractivity contribution in [3.05, 3.63) is 23.8 Å². The van der Waals surface area contributed by atoms with Crippen molar-refractivity contribution in [1.29, 1.82) is 0 Å². The van der Waals surface area contributed by atoms with E-state index in [4.69, 9.17) is 15.4 Å². The number of amides is 2. The molecule has 1 fully saturated rings. The first-order valence-electron chi connectivity index (χ1n) is 6.09. The van der Waals surface area contributed by atoms with Gasteiger partial charge in [0.05, 0.1) is 11.4 Å². The molecule has 1 aliphatic rings. The molecule has 20 heavy (non-hydrogen) atoms. The molecule has 1 N–H and O–H groups in total. The summed E-state index contributed by atoms with van der Waals surface area (Å²) in [5.41, 5.74) is 0.524. The number of rotatable bonds is 5.